The first-order valence-corrected chi connectivity index (χ1v) is 7.03. The fraction of sp³-hybridized carbons (Fsp3) is 0.235. The fourth-order valence-corrected chi connectivity index (χ4v) is 2.53. The first-order chi connectivity index (χ1) is 9.78. The maximum atomic E-state index is 4.61. The van der Waals surface area contributed by atoms with E-state index in [1.807, 2.05) is 24.4 Å². The molecular formula is C17H19N3. The normalized spacial score (nSPS) is 10.9. The highest BCUT2D eigenvalue weighted by atomic mass is 15.0. The topological polar surface area (TPSA) is 29.3 Å². The van der Waals surface area contributed by atoms with Gasteiger partial charge in [-0.2, -0.15) is 0 Å². The summed E-state index contributed by atoms with van der Waals surface area (Å²) in [7, 11) is 0. The van der Waals surface area contributed by atoms with Crippen molar-refractivity contribution < 1.29 is 0 Å². The summed E-state index contributed by atoms with van der Waals surface area (Å²) in [5, 5.41) is 3.53. The van der Waals surface area contributed by atoms with Gasteiger partial charge in [0.05, 0.1) is 12.2 Å². The van der Waals surface area contributed by atoms with Crippen LogP contribution in [0.3, 0.4) is 0 Å². The second-order valence-electron chi connectivity index (χ2n) is 5.01. The Kier molecular flexibility index (Phi) is 3.42. The average Bonchev–Trinajstić information content (AvgIpc) is 2.88. The fourth-order valence-electron chi connectivity index (χ4n) is 2.53. The number of aryl methyl sites for hydroxylation is 2. The van der Waals surface area contributed by atoms with Crippen molar-refractivity contribution in [3.8, 4) is 0 Å². The van der Waals surface area contributed by atoms with E-state index in [0.29, 0.717) is 0 Å². The number of nitrogens with one attached hydrogen (secondary N) is 1. The molecule has 0 unspecified atom stereocenters. The van der Waals surface area contributed by atoms with Crippen LogP contribution in [0, 0.1) is 6.92 Å². The Morgan fingerprint density at radius 2 is 2.05 bits per heavy atom. The van der Waals surface area contributed by atoms with Gasteiger partial charge in [-0.3, -0.25) is 0 Å². The Morgan fingerprint density at radius 1 is 1.15 bits per heavy atom. The van der Waals surface area contributed by atoms with E-state index in [-0.39, 0.29) is 0 Å². The van der Waals surface area contributed by atoms with Crippen molar-refractivity contribution in [2.45, 2.75) is 26.8 Å². The molecule has 0 atom stereocenters. The molecule has 2 aromatic heterocycles. The van der Waals surface area contributed by atoms with Crippen LogP contribution in [0.2, 0.25) is 0 Å². The van der Waals surface area contributed by atoms with Crippen molar-refractivity contribution in [1.29, 1.82) is 0 Å². The lowest BCUT2D eigenvalue weighted by atomic mass is 10.1. The van der Waals surface area contributed by atoms with Gasteiger partial charge in [-0.25, -0.2) is 4.98 Å². The summed E-state index contributed by atoms with van der Waals surface area (Å²) in [6.07, 6.45) is 5.14. The van der Waals surface area contributed by atoms with E-state index in [0.717, 1.165) is 24.3 Å². The van der Waals surface area contributed by atoms with Gasteiger partial charge in [0.15, 0.2) is 0 Å². The number of hydrogen-bond donors (Lipinski definition) is 1. The minimum absolute atomic E-state index is 0.750. The van der Waals surface area contributed by atoms with E-state index in [1.165, 1.54) is 16.8 Å². The monoisotopic (exact) mass is 265 g/mol. The lowest BCUT2D eigenvalue weighted by molar-refractivity contribution is 1.05. The molecule has 1 aromatic carbocycles. The molecule has 0 fully saturated rings. The number of benzene rings is 1. The van der Waals surface area contributed by atoms with Crippen molar-refractivity contribution >= 4 is 11.3 Å². The molecule has 0 radical (unpaired) electrons. The molecule has 102 valence electrons. The number of para-hydroxylation sites is 1. The van der Waals surface area contributed by atoms with E-state index in [9.17, 15) is 0 Å². The number of aromatic nitrogens is 2. The summed E-state index contributed by atoms with van der Waals surface area (Å²) >= 11 is 0. The smallest absolute Gasteiger partial charge is 0.137 e. The third-order valence-corrected chi connectivity index (χ3v) is 3.60. The van der Waals surface area contributed by atoms with Gasteiger partial charge in [0.1, 0.15) is 5.65 Å². The molecule has 0 amide bonds. The van der Waals surface area contributed by atoms with Crippen LogP contribution in [-0.2, 0) is 13.0 Å². The number of nitrogens with zero attached hydrogens (tertiary/aromatic N) is 2. The molecule has 3 heteroatoms. The summed E-state index contributed by atoms with van der Waals surface area (Å²) in [6.45, 7) is 5.08. The third-order valence-electron chi connectivity index (χ3n) is 3.60. The summed E-state index contributed by atoms with van der Waals surface area (Å²) in [5.74, 6) is 0. The molecule has 2 heterocycles. The van der Waals surface area contributed by atoms with Gasteiger partial charge in [0.2, 0.25) is 0 Å². The molecule has 0 spiro atoms. The summed E-state index contributed by atoms with van der Waals surface area (Å²) in [6, 6.07) is 12.5. The van der Waals surface area contributed by atoms with Gasteiger partial charge in [-0.15, -0.1) is 0 Å². The van der Waals surface area contributed by atoms with E-state index in [4.69, 9.17) is 0 Å². The van der Waals surface area contributed by atoms with Gasteiger partial charge in [0.25, 0.3) is 0 Å². The molecule has 0 saturated heterocycles. The molecule has 0 saturated carbocycles. The third kappa shape index (κ3) is 2.39. The Hall–Kier alpha value is -2.29. The van der Waals surface area contributed by atoms with Crippen molar-refractivity contribution in [3.63, 3.8) is 0 Å². The summed E-state index contributed by atoms with van der Waals surface area (Å²) in [4.78, 5) is 4.61. The zero-order valence-electron chi connectivity index (χ0n) is 11.9. The molecule has 1 N–H and O–H groups in total. The zero-order valence-corrected chi connectivity index (χ0v) is 11.9. The lowest BCUT2D eigenvalue weighted by Crippen LogP contribution is -2.04. The number of hydrogen-bond acceptors (Lipinski definition) is 2. The SMILES string of the molecule is CCc1cccc(C)c1NCc1cn2ccccc2n1. The van der Waals surface area contributed by atoms with E-state index < -0.39 is 0 Å². The molecule has 3 rings (SSSR count). The van der Waals surface area contributed by atoms with E-state index >= 15 is 0 Å². The van der Waals surface area contributed by atoms with Crippen LogP contribution < -0.4 is 5.32 Å². The minimum atomic E-state index is 0.750. The zero-order chi connectivity index (χ0) is 13.9. The number of imidazole rings is 1. The van der Waals surface area contributed by atoms with Crippen LogP contribution >= 0.6 is 0 Å². The molecule has 3 aromatic rings. The average molecular weight is 265 g/mol. The summed E-state index contributed by atoms with van der Waals surface area (Å²) in [5.41, 5.74) is 5.93. The van der Waals surface area contributed by atoms with Crippen LogP contribution in [-0.4, -0.2) is 9.38 Å². The van der Waals surface area contributed by atoms with E-state index in [2.05, 4.69) is 52.9 Å². The van der Waals surface area contributed by atoms with Gasteiger partial charge in [0, 0.05) is 18.1 Å². The Bertz CT molecular complexity index is 695. The number of rotatable bonds is 4. The standard InChI is InChI=1S/C17H19N3/c1-3-14-8-6-7-13(2)17(14)18-11-15-12-20-10-5-4-9-16(20)19-15/h4-10,12,18H,3,11H2,1-2H3. The van der Waals surface area contributed by atoms with E-state index in [1.54, 1.807) is 0 Å². The summed E-state index contributed by atoms with van der Waals surface area (Å²) < 4.78 is 2.05. The first kappa shape index (κ1) is 12.7. The van der Waals surface area contributed by atoms with Crippen LogP contribution in [0.15, 0.2) is 48.8 Å². The van der Waals surface area contributed by atoms with Crippen molar-refractivity contribution in [1.82, 2.24) is 9.38 Å². The Labute approximate surface area is 119 Å². The second kappa shape index (κ2) is 5.37. The number of fused-ring (bicyclic) bond motifs is 1. The van der Waals surface area contributed by atoms with Crippen LogP contribution in [0.4, 0.5) is 5.69 Å². The first-order valence-electron chi connectivity index (χ1n) is 7.03. The van der Waals surface area contributed by atoms with Gasteiger partial charge in [-0.1, -0.05) is 31.2 Å². The van der Waals surface area contributed by atoms with Gasteiger partial charge in [-0.05, 0) is 36.6 Å². The highest BCUT2D eigenvalue weighted by Crippen LogP contribution is 2.21. The largest absolute Gasteiger partial charge is 0.379 e. The lowest BCUT2D eigenvalue weighted by Gasteiger charge is -2.12. The number of anilines is 1. The predicted octanol–water partition coefficient (Wildman–Crippen LogP) is 3.82. The van der Waals surface area contributed by atoms with Crippen molar-refractivity contribution in [3.05, 3.63) is 65.6 Å². The van der Waals surface area contributed by atoms with Crippen LogP contribution in [0.25, 0.3) is 5.65 Å². The maximum Gasteiger partial charge on any atom is 0.137 e. The molecule has 0 aliphatic rings. The molecular weight excluding hydrogens is 246 g/mol. The van der Waals surface area contributed by atoms with Crippen LogP contribution in [0.5, 0.6) is 0 Å². The Morgan fingerprint density at radius 3 is 2.85 bits per heavy atom. The van der Waals surface area contributed by atoms with Crippen molar-refractivity contribution in [2.24, 2.45) is 0 Å². The maximum absolute atomic E-state index is 4.61. The predicted molar refractivity (Wildman–Crippen MR) is 83.1 cm³/mol. The minimum Gasteiger partial charge on any atom is -0.379 e. The van der Waals surface area contributed by atoms with Crippen molar-refractivity contribution in [2.75, 3.05) is 5.32 Å². The molecule has 0 aliphatic heterocycles. The number of pyridine rings is 1. The highest BCUT2D eigenvalue weighted by Gasteiger charge is 2.05. The Balaban J connectivity index is 1.82. The molecule has 20 heavy (non-hydrogen) atoms. The quantitative estimate of drug-likeness (QED) is 0.777. The van der Waals surface area contributed by atoms with Gasteiger partial charge < -0.3 is 9.72 Å². The second-order valence-corrected chi connectivity index (χ2v) is 5.01. The molecule has 0 bridgehead atoms. The molecule has 3 nitrogen and oxygen atoms in total. The van der Waals surface area contributed by atoms with Crippen LogP contribution in [0.1, 0.15) is 23.7 Å². The molecule has 0 aliphatic carbocycles. The van der Waals surface area contributed by atoms with Gasteiger partial charge >= 0.3 is 0 Å². The highest BCUT2D eigenvalue weighted by molar-refractivity contribution is 5.57.